The van der Waals surface area contributed by atoms with E-state index in [2.05, 4.69) is 26.6 Å². The van der Waals surface area contributed by atoms with Gasteiger partial charge in [-0.2, -0.15) is 0 Å². The number of hydrogen-bond donors (Lipinski definition) is 2. The zero-order chi connectivity index (χ0) is 13.0. The van der Waals surface area contributed by atoms with Crippen LogP contribution in [0.1, 0.15) is 24.8 Å². The molecule has 0 radical (unpaired) electrons. The Hall–Kier alpha value is -0.870. The second-order valence-corrected chi connectivity index (χ2v) is 5.82. The van der Waals surface area contributed by atoms with Crippen LogP contribution in [-0.4, -0.2) is 19.0 Å². The molecule has 18 heavy (non-hydrogen) atoms. The normalized spacial score (nSPS) is 18.9. The van der Waals surface area contributed by atoms with E-state index in [0.29, 0.717) is 12.3 Å². The van der Waals surface area contributed by atoms with Crippen LogP contribution in [-0.2, 0) is 4.79 Å². The maximum atomic E-state index is 11.9. The second-order valence-electron chi connectivity index (χ2n) is 4.90. The van der Waals surface area contributed by atoms with Gasteiger partial charge in [-0.25, -0.2) is 0 Å². The van der Waals surface area contributed by atoms with Crippen LogP contribution in [0.4, 0.5) is 5.69 Å². The highest BCUT2D eigenvalue weighted by molar-refractivity contribution is 9.10. The van der Waals surface area contributed by atoms with Gasteiger partial charge in [-0.05, 0) is 62.5 Å². The molecule has 1 heterocycles. The van der Waals surface area contributed by atoms with E-state index in [-0.39, 0.29) is 5.91 Å². The van der Waals surface area contributed by atoms with Gasteiger partial charge in [0.2, 0.25) is 5.91 Å². The summed E-state index contributed by atoms with van der Waals surface area (Å²) >= 11 is 3.42. The van der Waals surface area contributed by atoms with Gasteiger partial charge in [0.25, 0.3) is 0 Å². The zero-order valence-corrected chi connectivity index (χ0v) is 12.2. The van der Waals surface area contributed by atoms with Crippen molar-refractivity contribution in [2.75, 3.05) is 18.4 Å². The predicted molar refractivity (Wildman–Crippen MR) is 77.7 cm³/mol. The maximum Gasteiger partial charge on any atom is 0.224 e. The summed E-state index contributed by atoms with van der Waals surface area (Å²) in [5, 5.41) is 6.31. The first kappa shape index (κ1) is 13.6. The van der Waals surface area contributed by atoms with Crippen LogP contribution in [0.3, 0.4) is 0 Å². The number of rotatable bonds is 4. The molecule has 0 saturated carbocycles. The molecule has 1 saturated heterocycles. The van der Waals surface area contributed by atoms with Gasteiger partial charge in [0.1, 0.15) is 0 Å². The van der Waals surface area contributed by atoms with Crippen LogP contribution in [0.15, 0.2) is 22.7 Å². The lowest BCUT2D eigenvalue weighted by molar-refractivity contribution is -0.116. The van der Waals surface area contributed by atoms with Gasteiger partial charge in [-0.3, -0.25) is 4.79 Å². The predicted octanol–water partition coefficient (Wildman–Crippen LogP) is 3.09. The lowest BCUT2D eigenvalue weighted by Crippen LogP contribution is -2.15. The molecule has 3 nitrogen and oxygen atoms in total. The molecule has 1 atom stereocenters. The summed E-state index contributed by atoms with van der Waals surface area (Å²) in [6, 6.07) is 5.90. The third-order valence-corrected chi connectivity index (χ3v) is 3.90. The Kier molecular flexibility index (Phi) is 4.78. The molecule has 0 bridgehead atoms. The van der Waals surface area contributed by atoms with Crippen LogP contribution < -0.4 is 10.6 Å². The fraction of sp³-hybridized carbons (Fsp3) is 0.500. The summed E-state index contributed by atoms with van der Waals surface area (Å²) in [4.78, 5) is 11.9. The standard InChI is InChI=1S/C14H19BrN2O/c1-10-8-12(15)3-4-13(10)17-14(18)5-2-11-6-7-16-9-11/h3-4,8,11,16H,2,5-7,9H2,1H3,(H,17,18). The van der Waals surface area contributed by atoms with Gasteiger partial charge in [-0.1, -0.05) is 15.9 Å². The van der Waals surface area contributed by atoms with Crippen molar-refractivity contribution in [3.8, 4) is 0 Å². The van der Waals surface area contributed by atoms with Gasteiger partial charge in [0, 0.05) is 16.6 Å². The third-order valence-electron chi connectivity index (χ3n) is 3.40. The molecular weight excluding hydrogens is 292 g/mol. The number of amides is 1. The summed E-state index contributed by atoms with van der Waals surface area (Å²) in [5.41, 5.74) is 1.99. The highest BCUT2D eigenvalue weighted by atomic mass is 79.9. The summed E-state index contributed by atoms with van der Waals surface area (Å²) in [6.45, 7) is 4.16. The molecule has 2 rings (SSSR count). The monoisotopic (exact) mass is 310 g/mol. The van der Waals surface area contributed by atoms with E-state index >= 15 is 0 Å². The van der Waals surface area contributed by atoms with Crippen LogP contribution in [0.2, 0.25) is 0 Å². The zero-order valence-electron chi connectivity index (χ0n) is 10.6. The quantitative estimate of drug-likeness (QED) is 0.897. The van der Waals surface area contributed by atoms with E-state index in [1.807, 2.05) is 25.1 Å². The summed E-state index contributed by atoms with van der Waals surface area (Å²) in [7, 11) is 0. The van der Waals surface area contributed by atoms with Crippen molar-refractivity contribution in [1.29, 1.82) is 0 Å². The first-order valence-corrected chi connectivity index (χ1v) is 7.21. The highest BCUT2D eigenvalue weighted by Gasteiger charge is 2.15. The second kappa shape index (κ2) is 6.34. The first-order valence-electron chi connectivity index (χ1n) is 6.42. The van der Waals surface area contributed by atoms with E-state index in [1.54, 1.807) is 0 Å². The van der Waals surface area contributed by atoms with Crippen molar-refractivity contribution >= 4 is 27.5 Å². The average Bonchev–Trinajstić information content (AvgIpc) is 2.83. The van der Waals surface area contributed by atoms with E-state index < -0.39 is 0 Å². The van der Waals surface area contributed by atoms with Crippen molar-refractivity contribution in [3.63, 3.8) is 0 Å². The number of carbonyl (C=O) groups is 1. The fourth-order valence-electron chi connectivity index (χ4n) is 2.28. The Labute approximate surface area is 116 Å². The molecule has 1 aromatic carbocycles. The van der Waals surface area contributed by atoms with Gasteiger partial charge in [0.15, 0.2) is 0 Å². The van der Waals surface area contributed by atoms with Crippen LogP contribution in [0.5, 0.6) is 0 Å². The van der Waals surface area contributed by atoms with Crippen LogP contribution >= 0.6 is 15.9 Å². The van der Waals surface area contributed by atoms with Crippen LogP contribution in [0, 0.1) is 12.8 Å². The number of nitrogens with one attached hydrogen (secondary N) is 2. The molecular formula is C14H19BrN2O. The average molecular weight is 311 g/mol. The number of aryl methyl sites for hydroxylation is 1. The number of benzene rings is 1. The Morgan fingerprint density at radius 1 is 1.56 bits per heavy atom. The van der Waals surface area contributed by atoms with Gasteiger partial charge < -0.3 is 10.6 Å². The van der Waals surface area contributed by atoms with Crippen LogP contribution in [0.25, 0.3) is 0 Å². The van der Waals surface area contributed by atoms with Crippen molar-refractivity contribution < 1.29 is 4.79 Å². The minimum absolute atomic E-state index is 0.118. The molecule has 2 N–H and O–H groups in total. The summed E-state index contributed by atoms with van der Waals surface area (Å²) in [5.74, 6) is 0.786. The molecule has 0 aliphatic carbocycles. The largest absolute Gasteiger partial charge is 0.326 e. The maximum absolute atomic E-state index is 11.9. The summed E-state index contributed by atoms with van der Waals surface area (Å²) < 4.78 is 1.04. The summed E-state index contributed by atoms with van der Waals surface area (Å²) in [6.07, 6.45) is 2.79. The Morgan fingerprint density at radius 2 is 2.39 bits per heavy atom. The first-order chi connectivity index (χ1) is 8.65. The molecule has 1 fully saturated rings. The van der Waals surface area contributed by atoms with Crippen molar-refractivity contribution in [3.05, 3.63) is 28.2 Å². The fourth-order valence-corrected chi connectivity index (χ4v) is 2.75. The minimum Gasteiger partial charge on any atom is -0.326 e. The lowest BCUT2D eigenvalue weighted by Gasteiger charge is -2.10. The highest BCUT2D eigenvalue weighted by Crippen LogP contribution is 2.21. The number of anilines is 1. The molecule has 0 spiro atoms. The Balaban J connectivity index is 1.82. The molecule has 0 aromatic heterocycles. The Morgan fingerprint density at radius 3 is 3.06 bits per heavy atom. The molecule has 4 heteroatoms. The van der Waals surface area contributed by atoms with Gasteiger partial charge in [-0.15, -0.1) is 0 Å². The number of carbonyl (C=O) groups excluding carboxylic acids is 1. The van der Waals surface area contributed by atoms with E-state index in [1.165, 1.54) is 6.42 Å². The molecule has 1 aliphatic rings. The van der Waals surface area contributed by atoms with E-state index in [0.717, 1.165) is 35.2 Å². The molecule has 1 aromatic rings. The number of hydrogen-bond acceptors (Lipinski definition) is 2. The third kappa shape index (κ3) is 3.82. The molecule has 98 valence electrons. The van der Waals surface area contributed by atoms with Crippen molar-refractivity contribution in [1.82, 2.24) is 5.32 Å². The van der Waals surface area contributed by atoms with Crippen molar-refractivity contribution in [2.45, 2.75) is 26.2 Å². The van der Waals surface area contributed by atoms with Gasteiger partial charge >= 0.3 is 0 Å². The Bertz CT molecular complexity index is 428. The number of halogens is 1. The lowest BCUT2D eigenvalue weighted by atomic mass is 10.0. The van der Waals surface area contributed by atoms with Gasteiger partial charge in [0.05, 0.1) is 0 Å². The molecule has 1 unspecified atom stereocenters. The molecule has 1 aliphatic heterocycles. The SMILES string of the molecule is Cc1cc(Br)ccc1NC(=O)CCC1CCNC1. The topological polar surface area (TPSA) is 41.1 Å². The van der Waals surface area contributed by atoms with E-state index in [4.69, 9.17) is 0 Å². The molecule has 1 amide bonds. The van der Waals surface area contributed by atoms with Crippen molar-refractivity contribution in [2.24, 2.45) is 5.92 Å². The minimum atomic E-state index is 0.118. The smallest absolute Gasteiger partial charge is 0.224 e. The van der Waals surface area contributed by atoms with E-state index in [9.17, 15) is 4.79 Å².